The van der Waals surface area contributed by atoms with E-state index >= 15 is 0 Å². The first kappa shape index (κ1) is 17.2. The molecule has 26 heavy (non-hydrogen) atoms. The Morgan fingerprint density at radius 2 is 1.81 bits per heavy atom. The number of halogens is 1. The average Bonchev–Trinajstić information content (AvgIpc) is 3.49. The number of anilines is 1. The van der Waals surface area contributed by atoms with Crippen molar-refractivity contribution in [2.24, 2.45) is 0 Å². The van der Waals surface area contributed by atoms with Gasteiger partial charge in [-0.2, -0.15) is 0 Å². The number of piperazine rings is 1. The van der Waals surface area contributed by atoms with Crippen molar-refractivity contribution < 1.29 is 4.79 Å². The summed E-state index contributed by atoms with van der Waals surface area (Å²) in [5.41, 5.74) is 1.36. The molecule has 6 heteroatoms. The highest BCUT2D eigenvalue weighted by Crippen LogP contribution is 2.47. The Bertz CT molecular complexity index is 753. The number of pyridine rings is 1. The van der Waals surface area contributed by atoms with E-state index in [0.717, 1.165) is 49.9 Å². The van der Waals surface area contributed by atoms with Crippen LogP contribution in [0.2, 0.25) is 5.02 Å². The second-order valence-electron chi connectivity index (χ2n) is 7.11. The van der Waals surface area contributed by atoms with Gasteiger partial charge in [-0.25, -0.2) is 9.78 Å². The first-order valence-electron chi connectivity index (χ1n) is 9.11. The lowest BCUT2D eigenvalue weighted by Crippen LogP contribution is -2.52. The molecule has 1 aliphatic carbocycles. The van der Waals surface area contributed by atoms with Crippen LogP contribution in [0.1, 0.15) is 18.4 Å². The number of hydrogen-bond acceptors (Lipinski definition) is 3. The maximum Gasteiger partial charge on any atom is 0.317 e. The number of hydrogen-bond donors (Lipinski definition) is 1. The second-order valence-corrected chi connectivity index (χ2v) is 7.54. The molecule has 2 heterocycles. The maximum atomic E-state index is 12.6. The number of nitrogens with zero attached hydrogens (tertiary/aromatic N) is 3. The van der Waals surface area contributed by atoms with Gasteiger partial charge in [0.1, 0.15) is 5.82 Å². The number of benzene rings is 1. The van der Waals surface area contributed by atoms with Crippen LogP contribution in [0.3, 0.4) is 0 Å². The standard InChI is InChI=1S/C20H23ClN4O/c21-17-6-4-16(5-7-17)20(8-9-20)15-23-19(26)25-13-11-24(12-14-25)18-3-1-2-10-22-18/h1-7,10H,8-9,11-15H2,(H,23,26). The Labute approximate surface area is 159 Å². The average molecular weight is 371 g/mol. The Morgan fingerprint density at radius 1 is 1.08 bits per heavy atom. The number of urea groups is 1. The van der Waals surface area contributed by atoms with Crippen LogP contribution in [0.15, 0.2) is 48.7 Å². The summed E-state index contributed by atoms with van der Waals surface area (Å²) in [6.45, 7) is 3.75. The minimum Gasteiger partial charge on any atom is -0.353 e. The van der Waals surface area contributed by atoms with Crippen molar-refractivity contribution in [3.05, 3.63) is 59.2 Å². The fourth-order valence-corrected chi connectivity index (χ4v) is 3.68. The van der Waals surface area contributed by atoms with Gasteiger partial charge >= 0.3 is 6.03 Å². The van der Waals surface area contributed by atoms with Gasteiger partial charge in [0.2, 0.25) is 0 Å². The van der Waals surface area contributed by atoms with E-state index in [0.29, 0.717) is 6.54 Å². The molecule has 5 nitrogen and oxygen atoms in total. The largest absolute Gasteiger partial charge is 0.353 e. The Morgan fingerprint density at radius 3 is 2.42 bits per heavy atom. The van der Waals surface area contributed by atoms with E-state index in [1.165, 1.54) is 5.56 Å². The molecule has 1 aromatic heterocycles. The van der Waals surface area contributed by atoms with Crippen LogP contribution < -0.4 is 10.2 Å². The lowest BCUT2D eigenvalue weighted by molar-refractivity contribution is 0.193. The highest BCUT2D eigenvalue weighted by Gasteiger charge is 2.44. The van der Waals surface area contributed by atoms with Crippen molar-refractivity contribution in [2.45, 2.75) is 18.3 Å². The molecule has 1 aliphatic heterocycles. The fraction of sp³-hybridized carbons (Fsp3) is 0.400. The van der Waals surface area contributed by atoms with Crippen molar-refractivity contribution in [3.8, 4) is 0 Å². The van der Waals surface area contributed by atoms with E-state index in [4.69, 9.17) is 11.6 Å². The summed E-state index contributed by atoms with van der Waals surface area (Å²) < 4.78 is 0. The van der Waals surface area contributed by atoms with Gasteiger partial charge in [-0.05, 0) is 42.7 Å². The molecule has 2 amide bonds. The Kier molecular flexibility index (Phi) is 4.72. The van der Waals surface area contributed by atoms with Crippen LogP contribution in [-0.2, 0) is 5.41 Å². The molecule has 1 N–H and O–H groups in total. The zero-order chi connectivity index (χ0) is 18.0. The van der Waals surface area contributed by atoms with Crippen LogP contribution in [0, 0.1) is 0 Å². The highest BCUT2D eigenvalue weighted by molar-refractivity contribution is 6.30. The van der Waals surface area contributed by atoms with E-state index in [1.807, 2.05) is 35.2 Å². The third kappa shape index (κ3) is 3.63. The van der Waals surface area contributed by atoms with Crippen LogP contribution in [0.25, 0.3) is 0 Å². The molecule has 136 valence electrons. The molecule has 0 unspecified atom stereocenters. The zero-order valence-electron chi connectivity index (χ0n) is 14.7. The van der Waals surface area contributed by atoms with E-state index in [2.05, 4.69) is 27.3 Å². The molecule has 2 aliphatic rings. The molecule has 1 saturated heterocycles. The summed E-state index contributed by atoms with van der Waals surface area (Å²) in [5.74, 6) is 0.979. The van der Waals surface area contributed by atoms with Gasteiger partial charge in [0.25, 0.3) is 0 Å². The molecule has 0 bridgehead atoms. The number of amides is 2. The molecule has 0 radical (unpaired) electrons. The lowest BCUT2D eigenvalue weighted by atomic mass is 9.96. The maximum absolute atomic E-state index is 12.6. The summed E-state index contributed by atoms with van der Waals surface area (Å²) in [4.78, 5) is 21.1. The zero-order valence-corrected chi connectivity index (χ0v) is 15.5. The van der Waals surface area contributed by atoms with Crippen molar-refractivity contribution in [1.29, 1.82) is 0 Å². The van der Waals surface area contributed by atoms with Gasteiger partial charge in [-0.3, -0.25) is 0 Å². The third-order valence-corrected chi connectivity index (χ3v) is 5.68. The summed E-state index contributed by atoms with van der Waals surface area (Å²) in [5, 5.41) is 3.89. The monoisotopic (exact) mass is 370 g/mol. The minimum absolute atomic E-state index is 0.0332. The van der Waals surface area contributed by atoms with Gasteiger partial charge in [0, 0.05) is 49.4 Å². The highest BCUT2D eigenvalue weighted by atomic mass is 35.5. The molecular formula is C20H23ClN4O. The van der Waals surface area contributed by atoms with Gasteiger partial charge in [0.05, 0.1) is 0 Å². The molecule has 0 atom stereocenters. The molecule has 2 aromatic rings. The van der Waals surface area contributed by atoms with Crippen molar-refractivity contribution in [3.63, 3.8) is 0 Å². The molecule has 1 saturated carbocycles. The number of nitrogens with one attached hydrogen (secondary N) is 1. The summed E-state index contributed by atoms with van der Waals surface area (Å²) in [6.07, 6.45) is 4.03. The van der Waals surface area contributed by atoms with Gasteiger partial charge in [-0.1, -0.05) is 29.8 Å². The SMILES string of the molecule is O=C(NCC1(c2ccc(Cl)cc2)CC1)N1CCN(c2ccccn2)CC1. The topological polar surface area (TPSA) is 48.5 Å². The molecule has 1 aromatic carbocycles. The quantitative estimate of drug-likeness (QED) is 0.898. The molecule has 2 fully saturated rings. The summed E-state index contributed by atoms with van der Waals surface area (Å²) >= 11 is 5.98. The number of aromatic nitrogens is 1. The van der Waals surface area contributed by atoms with Crippen molar-refractivity contribution in [1.82, 2.24) is 15.2 Å². The van der Waals surface area contributed by atoms with Crippen LogP contribution in [0.4, 0.5) is 10.6 Å². The number of carbonyl (C=O) groups is 1. The minimum atomic E-state index is 0.0332. The van der Waals surface area contributed by atoms with Crippen molar-refractivity contribution >= 4 is 23.4 Å². The van der Waals surface area contributed by atoms with Crippen LogP contribution in [-0.4, -0.2) is 48.6 Å². The smallest absolute Gasteiger partial charge is 0.317 e. The summed E-state index contributed by atoms with van der Waals surface area (Å²) in [6, 6.07) is 14.0. The van der Waals surface area contributed by atoms with Crippen LogP contribution >= 0.6 is 11.6 Å². The van der Waals surface area contributed by atoms with E-state index in [9.17, 15) is 4.79 Å². The molecule has 4 rings (SSSR count). The third-order valence-electron chi connectivity index (χ3n) is 5.43. The molecule has 0 spiro atoms. The van der Waals surface area contributed by atoms with E-state index in [1.54, 1.807) is 6.20 Å². The summed E-state index contributed by atoms with van der Waals surface area (Å²) in [7, 11) is 0. The second kappa shape index (κ2) is 7.16. The normalized spacial score (nSPS) is 18.5. The Balaban J connectivity index is 1.29. The predicted molar refractivity (Wildman–Crippen MR) is 104 cm³/mol. The van der Waals surface area contributed by atoms with Crippen molar-refractivity contribution in [2.75, 3.05) is 37.6 Å². The lowest BCUT2D eigenvalue weighted by Gasteiger charge is -2.35. The van der Waals surface area contributed by atoms with Gasteiger partial charge in [0.15, 0.2) is 0 Å². The van der Waals surface area contributed by atoms with Gasteiger partial charge < -0.3 is 15.1 Å². The van der Waals surface area contributed by atoms with Gasteiger partial charge in [-0.15, -0.1) is 0 Å². The Hall–Kier alpha value is -2.27. The van der Waals surface area contributed by atoms with E-state index < -0.39 is 0 Å². The van der Waals surface area contributed by atoms with E-state index in [-0.39, 0.29) is 11.4 Å². The number of carbonyl (C=O) groups excluding carboxylic acids is 1. The first-order valence-corrected chi connectivity index (χ1v) is 9.49. The number of rotatable bonds is 4. The first-order chi connectivity index (χ1) is 12.7. The predicted octanol–water partition coefficient (Wildman–Crippen LogP) is 3.30. The van der Waals surface area contributed by atoms with Crippen LogP contribution in [0.5, 0.6) is 0 Å². The fourth-order valence-electron chi connectivity index (χ4n) is 3.56. The molecular weight excluding hydrogens is 348 g/mol.